The molecule has 0 heterocycles. The summed E-state index contributed by atoms with van der Waals surface area (Å²) < 4.78 is 13.0. The first-order valence-electron chi connectivity index (χ1n) is 6.01. The van der Waals surface area contributed by atoms with Gasteiger partial charge in [0.05, 0.1) is 5.71 Å². The lowest BCUT2D eigenvalue weighted by Gasteiger charge is -2.10. The first-order valence-corrected chi connectivity index (χ1v) is 6.39. The number of halogens is 2. The molecular weight excluding hydrogens is 263 g/mol. The molecule has 0 radical (unpaired) electrons. The van der Waals surface area contributed by atoms with Crippen molar-refractivity contribution >= 4 is 17.3 Å². The topological polar surface area (TPSA) is 38.4 Å². The molecule has 0 bridgehead atoms. The van der Waals surface area contributed by atoms with Gasteiger partial charge in [0.1, 0.15) is 5.82 Å². The maximum atomic E-state index is 13.0. The lowest BCUT2D eigenvalue weighted by Crippen LogP contribution is -2.10. The highest BCUT2D eigenvalue weighted by Gasteiger charge is 2.29. The Bertz CT molecular complexity index is 650. The Morgan fingerprint density at radius 1 is 1.16 bits per heavy atom. The van der Waals surface area contributed by atoms with Gasteiger partial charge in [0, 0.05) is 16.5 Å². The Kier molecular flexibility index (Phi) is 2.99. The third-order valence-electron chi connectivity index (χ3n) is 3.51. The summed E-state index contributed by atoms with van der Waals surface area (Å²) in [5.41, 5.74) is 4.00. The smallest absolute Gasteiger partial charge is 0.123 e. The molecule has 2 aromatic carbocycles. The predicted octanol–water partition coefficient (Wildman–Crippen LogP) is 3.48. The van der Waals surface area contributed by atoms with E-state index < -0.39 is 0 Å². The summed E-state index contributed by atoms with van der Waals surface area (Å²) in [6.45, 7) is 0. The molecule has 0 spiro atoms. The molecule has 19 heavy (non-hydrogen) atoms. The monoisotopic (exact) mass is 274 g/mol. The van der Waals surface area contributed by atoms with Crippen molar-refractivity contribution in [3.63, 3.8) is 0 Å². The van der Waals surface area contributed by atoms with Crippen molar-refractivity contribution < 1.29 is 4.39 Å². The van der Waals surface area contributed by atoms with Gasteiger partial charge >= 0.3 is 0 Å². The van der Waals surface area contributed by atoms with Crippen molar-refractivity contribution in [3.8, 4) is 0 Å². The van der Waals surface area contributed by atoms with Crippen LogP contribution < -0.4 is 5.84 Å². The Morgan fingerprint density at radius 3 is 2.58 bits per heavy atom. The van der Waals surface area contributed by atoms with Gasteiger partial charge in [-0.1, -0.05) is 29.8 Å². The molecule has 1 unspecified atom stereocenters. The molecule has 3 rings (SSSR count). The molecule has 1 aliphatic carbocycles. The lowest BCUT2D eigenvalue weighted by atomic mass is 9.95. The Labute approximate surface area is 115 Å². The minimum atomic E-state index is -0.242. The molecule has 0 amide bonds. The summed E-state index contributed by atoms with van der Waals surface area (Å²) in [6, 6.07) is 12.2. The van der Waals surface area contributed by atoms with Crippen LogP contribution in [0.1, 0.15) is 22.6 Å². The molecule has 1 aliphatic rings. The highest BCUT2D eigenvalue weighted by molar-refractivity contribution is 6.31. The van der Waals surface area contributed by atoms with Gasteiger partial charge < -0.3 is 5.84 Å². The van der Waals surface area contributed by atoms with Crippen LogP contribution in [0.15, 0.2) is 47.6 Å². The molecule has 0 aliphatic heterocycles. The molecule has 0 saturated carbocycles. The zero-order valence-corrected chi connectivity index (χ0v) is 10.9. The molecule has 2 aromatic rings. The van der Waals surface area contributed by atoms with E-state index in [1.807, 2.05) is 18.2 Å². The van der Waals surface area contributed by atoms with Crippen LogP contribution >= 0.6 is 11.6 Å². The number of nitrogens with two attached hydrogens (primary N) is 1. The number of benzene rings is 2. The standard InChI is InChI=1S/C15H12ClFN2/c16-11-3-6-13-10(7-11)8-14(15(13)19-18)9-1-4-12(17)5-2-9/h1-7,14H,8,18H2. The second-order valence-corrected chi connectivity index (χ2v) is 5.06. The van der Waals surface area contributed by atoms with Crippen LogP contribution in [0.25, 0.3) is 0 Å². The Hall–Kier alpha value is -1.87. The van der Waals surface area contributed by atoms with Crippen molar-refractivity contribution in [2.45, 2.75) is 12.3 Å². The SMILES string of the molecule is NN=C1c2ccc(Cl)cc2CC1c1ccc(F)cc1. The average molecular weight is 275 g/mol. The van der Waals surface area contributed by atoms with Crippen LogP contribution in [0.2, 0.25) is 5.02 Å². The summed E-state index contributed by atoms with van der Waals surface area (Å²) in [5, 5.41) is 4.62. The average Bonchev–Trinajstić information content (AvgIpc) is 2.77. The van der Waals surface area contributed by atoms with Crippen LogP contribution in [0.4, 0.5) is 4.39 Å². The van der Waals surface area contributed by atoms with E-state index in [9.17, 15) is 4.39 Å². The van der Waals surface area contributed by atoms with Crippen molar-refractivity contribution in [1.82, 2.24) is 0 Å². The van der Waals surface area contributed by atoms with Crippen molar-refractivity contribution in [1.29, 1.82) is 0 Å². The van der Waals surface area contributed by atoms with Crippen LogP contribution in [-0.4, -0.2) is 5.71 Å². The number of hydrogen-bond donors (Lipinski definition) is 1. The van der Waals surface area contributed by atoms with Crippen molar-refractivity contribution in [3.05, 3.63) is 70.0 Å². The molecule has 96 valence electrons. The summed E-state index contributed by atoms with van der Waals surface area (Å²) in [4.78, 5) is 0. The summed E-state index contributed by atoms with van der Waals surface area (Å²) in [7, 11) is 0. The molecular formula is C15H12ClFN2. The fourth-order valence-electron chi connectivity index (χ4n) is 2.62. The number of hydrazone groups is 1. The second-order valence-electron chi connectivity index (χ2n) is 4.62. The van der Waals surface area contributed by atoms with Crippen molar-refractivity contribution in [2.75, 3.05) is 0 Å². The second kappa shape index (κ2) is 4.67. The number of hydrogen-bond acceptors (Lipinski definition) is 2. The van der Waals surface area contributed by atoms with Crippen LogP contribution in [0, 0.1) is 5.82 Å². The maximum absolute atomic E-state index is 13.0. The van der Waals surface area contributed by atoms with Crippen LogP contribution in [-0.2, 0) is 6.42 Å². The van der Waals surface area contributed by atoms with Crippen LogP contribution in [0.5, 0.6) is 0 Å². The van der Waals surface area contributed by atoms with Gasteiger partial charge in [-0.3, -0.25) is 0 Å². The molecule has 4 heteroatoms. The summed E-state index contributed by atoms with van der Waals surface area (Å²) in [5.74, 6) is 5.35. The number of nitrogens with zero attached hydrogens (tertiary/aromatic N) is 1. The van der Waals surface area contributed by atoms with E-state index in [0.717, 1.165) is 28.8 Å². The normalized spacial score (nSPS) is 19.7. The summed E-state index contributed by atoms with van der Waals surface area (Å²) >= 11 is 6.01. The molecule has 0 saturated heterocycles. The van der Waals surface area contributed by atoms with Gasteiger partial charge in [-0.15, -0.1) is 0 Å². The van der Waals surface area contributed by atoms with Gasteiger partial charge in [0.15, 0.2) is 0 Å². The Morgan fingerprint density at radius 2 is 1.89 bits per heavy atom. The van der Waals surface area contributed by atoms with Gasteiger partial charge in [-0.05, 0) is 41.8 Å². The summed E-state index contributed by atoms with van der Waals surface area (Å²) in [6.07, 6.45) is 0.789. The number of rotatable bonds is 1. The first-order chi connectivity index (χ1) is 9.19. The molecule has 1 atom stereocenters. The van der Waals surface area contributed by atoms with E-state index in [2.05, 4.69) is 5.10 Å². The third kappa shape index (κ3) is 2.10. The minimum Gasteiger partial charge on any atom is -0.323 e. The predicted molar refractivity (Wildman–Crippen MR) is 75.0 cm³/mol. The van der Waals surface area contributed by atoms with E-state index in [4.69, 9.17) is 17.4 Å². The van der Waals surface area contributed by atoms with Gasteiger partial charge in [-0.25, -0.2) is 4.39 Å². The fraction of sp³-hybridized carbons (Fsp3) is 0.133. The molecule has 2 nitrogen and oxygen atoms in total. The minimum absolute atomic E-state index is 0.0686. The molecule has 2 N–H and O–H groups in total. The van der Waals surface area contributed by atoms with E-state index in [1.165, 1.54) is 12.1 Å². The zero-order valence-electron chi connectivity index (χ0n) is 10.1. The van der Waals surface area contributed by atoms with E-state index >= 15 is 0 Å². The van der Waals surface area contributed by atoms with E-state index in [-0.39, 0.29) is 11.7 Å². The van der Waals surface area contributed by atoms with Gasteiger partial charge in [-0.2, -0.15) is 5.10 Å². The fourth-order valence-corrected chi connectivity index (χ4v) is 2.81. The highest BCUT2D eigenvalue weighted by Crippen LogP contribution is 2.35. The largest absolute Gasteiger partial charge is 0.323 e. The maximum Gasteiger partial charge on any atom is 0.123 e. The highest BCUT2D eigenvalue weighted by atomic mass is 35.5. The van der Waals surface area contributed by atoms with Gasteiger partial charge in [0.25, 0.3) is 0 Å². The zero-order chi connectivity index (χ0) is 13.4. The lowest BCUT2D eigenvalue weighted by molar-refractivity contribution is 0.626. The first kappa shape index (κ1) is 12.2. The molecule has 0 aromatic heterocycles. The number of fused-ring (bicyclic) bond motifs is 1. The van der Waals surface area contributed by atoms with E-state index in [1.54, 1.807) is 12.1 Å². The third-order valence-corrected chi connectivity index (χ3v) is 3.74. The van der Waals surface area contributed by atoms with E-state index in [0.29, 0.717) is 5.02 Å². The Balaban J connectivity index is 2.04. The van der Waals surface area contributed by atoms with Gasteiger partial charge in [0.2, 0.25) is 0 Å². The quantitative estimate of drug-likeness (QED) is 0.627. The van der Waals surface area contributed by atoms with Crippen LogP contribution in [0.3, 0.4) is 0 Å². The van der Waals surface area contributed by atoms with Crippen molar-refractivity contribution in [2.24, 2.45) is 10.9 Å². The molecule has 0 fully saturated rings.